The maximum Gasteiger partial charge on any atom is 0.416 e. The number of carbonyl (C=O) groups excluding carboxylic acids is 3. The molecule has 0 bridgehead atoms. The van der Waals surface area contributed by atoms with Crippen molar-refractivity contribution in [1.29, 1.82) is 0 Å². The zero-order valence-electron chi connectivity index (χ0n) is 19.2. The number of alkyl halides is 3. The molecule has 10 heteroatoms. The fourth-order valence-corrected chi connectivity index (χ4v) is 5.62. The van der Waals surface area contributed by atoms with Gasteiger partial charge in [-0.3, -0.25) is 9.59 Å². The monoisotopic (exact) mass is 497 g/mol. The molecule has 3 unspecified atom stereocenters. The van der Waals surface area contributed by atoms with Crippen LogP contribution >= 0.6 is 11.3 Å². The molecule has 1 saturated heterocycles. The summed E-state index contributed by atoms with van der Waals surface area (Å²) in [6, 6.07) is 6.48. The van der Waals surface area contributed by atoms with Gasteiger partial charge in [0.15, 0.2) is 0 Å². The number of esters is 2. The first-order valence-electron chi connectivity index (χ1n) is 10.7. The summed E-state index contributed by atoms with van der Waals surface area (Å²) in [7, 11) is 2.44. The van der Waals surface area contributed by atoms with E-state index in [2.05, 4.69) is 0 Å². The Morgan fingerprint density at radius 1 is 1.12 bits per heavy atom. The molecule has 3 rings (SSSR count). The van der Waals surface area contributed by atoms with Gasteiger partial charge in [-0.15, -0.1) is 11.3 Å². The average molecular weight is 498 g/mol. The number of methoxy groups -OCH3 is 2. The van der Waals surface area contributed by atoms with Gasteiger partial charge in [-0.1, -0.05) is 19.9 Å². The molecule has 1 aromatic heterocycles. The van der Waals surface area contributed by atoms with Crippen LogP contribution in [0.3, 0.4) is 0 Å². The quantitative estimate of drug-likeness (QED) is 0.519. The number of likely N-dealkylation sites (tertiary alicyclic amines) is 1. The lowest BCUT2D eigenvalue weighted by Gasteiger charge is -2.40. The van der Waals surface area contributed by atoms with Crippen molar-refractivity contribution in [1.82, 2.24) is 4.90 Å². The summed E-state index contributed by atoms with van der Waals surface area (Å²) in [5.74, 6) is -2.86. The number of hydrogen-bond acceptors (Lipinski definition) is 6. The van der Waals surface area contributed by atoms with Crippen LogP contribution in [0.5, 0.6) is 0 Å². The van der Waals surface area contributed by atoms with E-state index in [1.807, 2.05) is 13.8 Å². The van der Waals surface area contributed by atoms with Gasteiger partial charge in [-0.05, 0) is 54.5 Å². The molecule has 1 aliphatic heterocycles. The predicted molar refractivity (Wildman–Crippen MR) is 119 cm³/mol. The Morgan fingerprint density at radius 2 is 1.76 bits per heavy atom. The van der Waals surface area contributed by atoms with Gasteiger partial charge in [0.05, 0.1) is 31.7 Å². The van der Waals surface area contributed by atoms with E-state index in [0.29, 0.717) is 4.88 Å². The third-order valence-electron chi connectivity index (χ3n) is 6.01. The number of ether oxygens (including phenoxy) is 2. The van der Waals surface area contributed by atoms with Gasteiger partial charge in [0, 0.05) is 10.4 Å². The second kappa shape index (κ2) is 9.77. The fraction of sp³-hybridized carbons (Fsp3) is 0.458. The number of hydrogen-bond donors (Lipinski definition) is 0. The Kier molecular flexibility index (Phi) is 7.40. The van der Waals surface area contributed by atoms with Crippen molar-refractivity contribution in [2.45, 2.75) is 44.4 Å². The summed E-state index contributed by atoms with van der Waals surface area (Å²) in [5.41, 5.74) is -2.43. The molecule has 2 aromatic rings. The number of carbonyl (C=O) groups is 3. The molecular formula is C24H26F3NO5S. The SMILES string of the molecule is COC(=O)C1CC(CC(C)C)(C(=O)OC)N(C(=O)c2ccc(C(F)(F)F)cc2)C1c1cccs1. The topological polar surface area (TPSA) is 72.9 Å². The second-order valence-corrected chi connectivity index (χ2v) is 9.64. The van der Waals surface area contributed by atoms with Gasteiger partial charge in [0.25, 0.3) is 5.91 Å². The number of rotatable bonds is 6. The Balaban J connectivity index is 2.21. The van der Waals surface area contributed by atoms with Gasteiger partial charge in [0.1, 0.15) is 5.54 Å². The summed E-state index contributed by atoms with van der Waals surface area (Å²) in [6.45, 7) is 3.74. The van der Waals surface area contributed by atoms with Crippen molar-refractivity contribution in [2.24, 2.45) is 11.8 Å². The molecule has 1 aliphatic rings. The lowest BCUT2D eigenvalue weighted by Crippen LogP contribution is -2.55. The molecule has 1 fully saturated rings. The molecule has 184 valence electrons. The molecule has 0 saturated carbocycles. The smallest absolute Gasteiger partial charge is 0.416 e. The molecule has 34 heavy (non-hydrogen) atoms. The van der Waals surface area contributed by atoms with Gasteiger partial charge in [0.2, 0.25) is 0 Å². The Morgan fingerprint density at radius 3 is 2.24 bits per heavy atom. The minimum Gasteiger partial charge on any atom is -0.469 e. The number of amides is 1. The van der Waals surface area contributed by atoms with E-state index in [1.165, 1.54) is 30.5 Å². The lowest BCUT2D eigenvalue weighted by molar-refractivity contribution is -0.154. The van der Waals surface area contributed by atoms with E-state index in [0.717, 1.165) is 24.3 Å². The molecule has 1 aromatic carbocycles. The van der Waals surface area contributed by atoms with E-state index >= 15 is 0 Å². The average Bonchev–Trinajstić information content (AvgIpc) is 3.43. The van der Waals surface area contributed by atoms with Crippen molar-refractivity contribution in [2.75, 3.05) is 14.2 Å². The van der Waals surface area contributed by atoms with Crippen molar-refractivity contribution in [3.63, 3.8) is 0 Å². The summed E-state index contributed by atoms with van der Waals surface area (Å²) in [5, 5.41) is 1.78. The van der Waals surface area contributed by atoms with Gasteiger partial charge < -0.3 is 14.4 Å². The van der Waals surface area contributed by atoms with Gasteiger partial charge in [-0.25, -0.2) is 4.79 Å². The molecule has 2 heterocycles. The zero-order chi connectivity index (χ0) is 25.3. The minimum absolute atomic E-state index is 0.0283. The molecule has 0 radical (unpaired) electrons. The molecule has 0 N–H and O–H groups in total. The number of nitrogens with zero attached hydrogens (tertiary/aromatic N) is 1. The van der Waals surface area contributed by atoms with Crippen molar-refractivity contribution >= 4 is 29.2 Å². The van der Waals surface area contributed by atoms with Crippen LogP contribution in [-0.2, 0) is 25.2 Å². The van der Waals surface area contributed by atoms with Crippen molar-refractivity contribution in [3.05, 3.63) is 57.8 Å². The molecule has 1 amide bonds. The van der Waals surface area contributed by atoms with Gasteiger partial charge in [-0.2, -0.15) is 13.2 Å². The van der Waals surface area contributed by atoms with Crippen LogP contribution in [0.4, 0.5) is 13.2 Å². The van der Waals surface area contributed by atoms with Crippen LogP contribution in [-0.4, -0.2) is 42.5 Å². The number of halogens is 3. The first-order valence-corrected chi connectivity index (χ1v) is 11.5. The third kappa shape index (κ3) is 4.68. The minimum atomic E-state index is -4.56. The molecular weight excluding hydrogens is 471 g/mol. The molecule has 6 nitrogen and oxygen atoms in total. The second-order valence-electron chi connectivity index (χ2n) is 8.67. The first-order chi connectivity index (χ1) is 16.0. The van der Waals surface area contributed by atoms with E-state index < -0.39 is 47.1 Å². The number of benzene rings is 1. The van der Waals surface area contributed by atoms with E-state index in [9.17, 15) is 27.6 Å². The largest absolute Gasteiger partial charge is 0.469 e. The van der Waals surface area contributed by atoms with Crippen molar-refractivity contribution in [3.8, 4) is 0 Å². The van der Waals surface area contributed by atoms with Crippen LogP contribution in [0.1, 0.15) is 53.5 Å². The number of thiophene rings is 1. The Hall–Kier alpha value is -2.88. The van der Waals surface area contributed by atoms with Gasteiger partial charge >= 0.3 is 18.1 Å². The maximum absolute atomic E-state index is 13.9. The zero-order valence-corrected chi connectivity index (χ0v) is 20.0. The lowest BCUT2D eigenvalue weighted by atomic mass is 9.83. The maximum atomic E-state index is 13.9. The highest BCUT2D eigenvalue weighted by molar-refractivity contribution is 7.10. The molecule has 3 atom stereocenters. The summed E-state index contributed by atoms with van der Waals surface area (Å²) >= 11 is 1.31. The summed E-state index contributed by atoms with van der Waals surface area (Å²) < 4.78 is 49.3. The van der Waals surface area contributed by atoms with Crippen LogP contribution in [0.25, 0.3) is 0 Å². The highest BCUT2D eigenvalue weighted by Gasteiger charge is 2.61. The first kappa shape index (κ1) is 25.7. The van der Waals surface area contributed by atoms with E-state index in [4.69, 9.17) is 9.47 Å². The normalized spacial score (nSPS) is 22.6. The predicted octanol–water partition coefficient (Wildman–Crippen LogP) is 5.10. The van der Waals surface area contributed by atoms with Crippen LogP contribution in [0, 0.1) is 11.8 Å². The Labute approximate surface area is 199 Å². The van der Waals surface area contributed by atoms with Crippen molar-refractivity contribution < 1.29 is 37.0 Å². The fourth-order valence-electron chi connectivity index (χ4n) is 4.74. The highest BCUT2D eigenvalue weighted by atomic mass is 32.1. The Bertz CT molecular complexity index is 1040. The highest BCUT2D eigenvalue weighted by Crippen LogP contribution is 2.52. The van der Waals surface area contributed by atoms with Crippen LogP contribution in [0.2, 0.25) is 0 Å². The van der Waals surface area contributed by atoms with Crippen LogP contribution in [0.15, 0.2) is 41.8 Å². The van der Waals surface area contributed by atoms with E-state index in [-0.39, 0.29) is 24.3 Å². The summed E-state index contributed by atoms with van der Waals surface area (Å²) in [4.78, 5) is 42.0. The standard InChI is InChI=1S/C24H26F3NO5S/c1-14(2)12-23(22(31)33-4)13-17(21(30)32-3)19(18-6-5-11-34-18)28(23)20(29)15-7-9-16(10-8-15)24(25,26)27/h5-11,14,17,19H,12-13H2,1-4H3. The van der Waals surface area contributed by atoms with E-state index in [1.54, 1.807) is 17.5 Å². The third-order valence-corrected chi connectivity index (χ3v) is 6.95. The summed E-state index contributed by atoms with van der Waals surface area (Å²) in [6.07, 6.45) is -4.39. The van der Waals surface area contributed by atoms with Crippen LogP contribution < -0.4 is 0 Å². The molecule has 0 spiro atoms. The molecule has 0 aliphatic carbocycles.